The van der Waals surface area contributed by atoms with Gasteiger partial charge in [0.1, 0.15) is 29.9 Å². The van der Waals surface area contributed by atoms with Gasteiger partial charge in [0.25, 0.3) is 0 Å². The average Bonchev–Trinajstić information content (AvgIpc) is 3.02. The predicted octanol–water partition coefficient (Wildman–Crippen LogP) is 0.106. The first-order valence-corrected chi connectivity index (χ1v) is 15.4. The van der Waals surface area contributed by atoms with Crippen LogP contribution in [0.1, 0.15) is 51.7 Å². The summed E-state index contributed by atoms with van der Waals surface area (Å²) in [4.78, 5) is 77.2. The third-order valence-electron chi connectivity index (χ3n) is 7.76. The fourth-order valence-electron chi connectivity index (χ4n) is 4.60. The summed E-state index contributed by atoms with van der Waals surface area (Å²) in [5.41, 5.74) is 12.6. The maximum Gasteiger partial charge on any atom is 0.326 e. The molecule has 6 atom stereocenters. The lowest BCUT2D eigenvalue weighted by Gasteiger charge is -2.29. The number of rotatable bonds is 18. The molecule has 0 aliphatic rings. The van der Waals surface area contributed by atoms with Crippen LogP contribution < -0.4 is 32.7 Å². The predicted molar refractivity (Wildman–Crippen MR) is 173 cm³/mol. The van der Waals surface area contributed by atoms with E-state index in [4.69, 9.17) is 11.5 Å². The number of phenols is 1. The molecule has 10 N–H and O–H groups in total. The Morgan fingerprint density at radius 1 is 0.702 bits per heavy atom. The van der Waals surface area contributed by atoms with Crippen LogP contribution in [0.15, 0.2) is 54.6 Å². The summed E-state index contributed by atoms with van der Waals surface area (Å²) in [6.07, 6.45) is -0.277. The van der Waals surface area contributed by atoms with Gasteiger partial charge >= 0.3 is 5.97 Å². The lowest BCUT2D eigenvalue weighted by Crippen LogP contribution is -2.60. The third kappa shape index (κ3) is 12.4. The topological polar surface area (TPSA) is 243 Å². The summed E-state index contributed by atoms with van der Waals surface area (Å²) in [5, 5.41) is 29.5. The van der Waals surface area contributed by atoms with Crippen LogP contribution in [0.5, 0.6) is 5.75 Å². The minimum absolute atomic E-state index is 0.00219. The Morgan fingerprint density at radius 2 is 1.21 bits per heavy atom. The zero-order valence-electron chi connectivity index (χ0n) is 27.1. The fourth-order valence-corrected chi connectivity index (χ4v) is 4.60. The number of hydrogen-bond donors (Lipinski definition) is 8. The van der Waals surface area contributed by atoms with Crippen molar-refractivity contribution in [2.75, 3.05) is 0 Å². The number of carbonyl (C=O) groups excluding carboxylic acids is 5. The molecule has 0 fully saturated rings. The number of amides is 5. The van der Waals surface area contributed by atoms with Crippen molar-refractivity contribution >= 4 is 35.5 Å². The van der Waals surface area contributed by atoms with E-state index in [9.17, 15) is 39.0 Å². The van der Waals surface area contributed by atoms with E-state index >= 15 is 0 Å². The van der Waals surface area contributed by atoms with Crippen LogP contribution in [0.2, 0.25) is 0 Å². The maximum atomic E-state index is 13.7. The van der Waals surface area contributed by atoms with E-state index < -0.39 is 78.1 Å². The number of aliphatic carboxylic acids is 1. The highest BCUT2D eigenvalue weighted by molar-refractivity contribution is 5.97. The molecule has 0 radical (unpaired) electrons. The highest BCUT2D eigenvalue weighted by Gasteiger charge is 2.34. The Labute approximate surface area is 274 Å². The molecule has 0 unspecified atom stereocenters. The zero-order valence-corrected chi connectivity index (χ0v) is 27.1. The first kappa shape index (κ1) is 38.2. The third-order valence-corrected chi connectivity index (χ3v) is 7.76. The molecule has 5 amide bonds. The van der Waals surface area contributed by atoms with Crippen LogP contribution in [0, 0.1) is 11.8 Å². The van der Waals surface area contributed by atoms with Gasteiger partial charge in [-0.1, -0.05) is 76.6 Å². The van der Waals surface area contributed by atoms with E-state index in [1.807, 2.05) is 0 Å². The second-order valence-corrected chi connectivity index (χ2v) is 11.9. The molecular formula is C33H46N6O8. The second kappa shape index (κ2) is 18.2. The number of nitrogens with two attached hydrogens (primary N) is 2. The number of benzene rings is 2. The molecule has 47 heavy (non-hydrogen) atoms. The molecule has 0 saturated carbocycles. The molecule has 0 aromatic heterocycles. The molecule has 0 aliphatic heterocycles. The average molecular weight is 655 g/mol. The standard InChI is InChI=1S/C33H46N6O8/c1-5-19(4)28(39-30(43)23(36-31(44)27(35)18(2)3)15-21-11-13-22(40)14-12-21)32(45)37-24(17-26(34)41)29(42)38-25(33(46)47)16-20-9-7-6-8-10-20/h6-14,18-19,23-25,27-28,40H,5,15-17,35H2,1-4H3,(H2,34,41)(H,36,44)(H,37,45)(H,38,42)(H,39,43)(H,46,47)/t19-,23-,24-,25-,27-,28-/m0/s1. The van der Waals surface area contributed by atoms with Gasteiger partial charge in [-0.2, -0.15) is 0 Å². The summed E-state index contributed by atoms with van der Waals surface area (Å²) in [6.45, 7) is 6.97. The van der Waals surface area contributed by atoms with Crippen molar-refractivity contribution < 1.29 is 39.0 Å². The Hall–Kier alpha value is -4.98. The van der Waals surface area contributed by atoms with Gasteiger partial charge in [0.05, 0.1) is 12.5 Å². The maximum absolute atomic E-state index is 13.7. The van der Waals surface area contributed by atoms with Crippen LogP contribution in [-0.4, -0.2) is 75.9 Å². The molecule has 2 rings (SSSR count). The number of carboxylic acid groups (broad SMARTS) is 1. The summed E-state index contributed by atoms with van der Waals surface area (Å²) in [7, 11) is 0. The molecular weight excluding hydrogens is 608 g/mol. The van der Waals surface area contributed by atoms with E-state index in [2.05, 4.69) is 21.3 Å². The lowest BCUT2D eigenvalue weighted by atomic mass is 9.96. The van der Waals surface area contributed by atoms with Gasteiger partial charge in [-0.3, -0.25) is 24.0 Å². The number of aromatic hydroxyl groups is 1. The minimum Gasteiger partial charge on any atom is -0.508 e. The van der Waals surface area contributed by atoms with Gasteiger partial charge < -0.3 is 42.9 Å². The molecule has 2 aromatic carbocycles. The van der Waals surface area contributed by atoms with Gasteiger partial charge in [0.2, 0.25) is 29.5 Å². The molecule has 0 bridgehead atoms. The first-order chi connectivity index (χ1) is 22.1. The van der Waals surface area contributed by atoms with E-state index in [0.717, 1.165) is 0 Å². The van der Waals surface area contributed by atoms with E-state index in [-0.39, 0.29) is 24.5 Å². The van der Waals surface area contributed by atoms with Crippen molar-refractivity contribution in [3.8, 4) is 5.75 Å². The van der Waals surface area contributed by atoms with E-state index in [1.54, 1.807) is 70.2 Å². The van der Waals surface area contributed by atoms with E-state index in [0.29, 0.717) is 17.5 Å². The quantitative estimate of drug-likeness (QED) is 0.109. The molecule has 0 aliphatic carbocycles. The van der Waals surface area contributed by atoms with Crippen LogP contribution in [0.25, 0.3) is 0 Å². The van der Waals surface area contributed by atoms with Gasteiger partial charge in [-0.25, -0.2) is 4.79 Å². The SMILES string of the molecule is CC[C@H](C)[C@H](NC(=O)[C@H](Cc1ccc(O)cc1)NC(=O)[C@@H](N)C(C)C)C(=O)N[C@@H](CC(N)=O)C(=O)N[C@@H](Cc1ccccc1)C(=O)O. The van der Waals surface area contributed by atoms with Crippen LogP contribution in [0.3, 0.4) is 0 Å². The van der Waals surface area contributed by atoms with Gasteiger partial charge in [0.15, 0.2) is 0 Å². The Balaban J connectivity index is 2.30. The van der Waals surface area contributed by atoms with Crippen molar-refractivity contribution in [3.63, 3.8) is 0 Å². The molecule has 0 heterocycles. The molecule has 14 nitrogen and oxygen atoms in total. The fraction of sp³-hybridized carbons (Fsp3) is 0.455. The van der Waals surface area contributed by atoms with Crippen molar-refractivity contribution in [1.82, 2.24) is 21.3 Å². The number of primary amides is 1. The summed E-state index contributed by atoms with van der Waals surface area (Å²) in [5.74, 6) is -6.02. The van der Waals surface area contributed by atoms with Gasteiger partial charge in [-0.15, -0.1) is 0 Å². The largest absolute Gasteiger partial charge is 0.508 e. The molecule has 14 heteroatoms. The van der Waals surface area contributed by atoms with Crippen LogP contribution in [0.4, 0.5) is 0 Å². The lowest BCUT2D eigenvalue weighted by molar-refractivity contribution is -0.142. The van der Waals surface area contributed by atoms with E-state index in [1.165, 1.54) is 12.1 Å². The summed E-state index contributed by atoms with van der Waals surface area (Å²) in [6, 6.07) is 8.37. The highest BCUT2D eigenvalue weighted by Crippen LogP contribution is 2.14. The first-order valence-electron chi connectivity index (χ1n) is 15.4. The van der Waals surface area contributed by atoms with Crippen LogP contribution >= 0.6 is 0 Å². The number of hydrogen-bond acceptors (Lipinski definition) is 8. The molecule has 0 spiro atoms. The highest BCUT2D eigenvalue weighted by atomic mass is 16.4. The monoisotopic (exact) mass is 654 g/mol. The summed E-state index contributed by atoms with van der Waals surface area (Å²) < 4.78 is 0. The Morgan fingerprint density at radius 3 is 1.74 bits per heavy atom. The number of phenolic OH excluding ortho intramolecular Hbond substituents is 1. The summed E-state index contributed by atoms with van der Waals surface area (Å²) >= 11 is 0. The second-order valence-electron chi connectivity index (χ2n) is 11.9. The smallest absolute Gasteiger partial charge is 0.326 e. The number of carbonyl (C=O) groups is 6. The van der Waals surface area contributed by atoms with Crippen molar-refractivity contribution in [2.24, 2.45) is 23.3 Å². The van der Waals surface area contributed by atoms with Gasteiger partial charge in [-0.05, 0) is 35.1 Å². The number of carboxylic acids is 1. The zero-order chi connectivity index (χ0) is 35.3. The van der Waals surface area contributed by atoms with Crippen molar-refractivity contribution in [1.29, 1.82) is 0 Å². The molecule has 2 aromatic rings. The molecule has 0 saturated heterocycles. The van der Waals surface area contributed by atoms with Crippen molar-refractivity contribution in [3.05, 3.63) is 65.7 Å². The normalized spacial score (nSPS) is 14.9. The van der Waals surface area contributed by atoms with Crippen molar-refractivity contribution in [2.45, 2.75) is 83.6 Å². The van der Waals surface area contributed by atoms with Gasteiger partial charge in [0, 0.05) is 12.8 Å². The Bertz CT molecular complexity index is 1390. The molecule has 256 valence electrons. The Kier molecular flexibility index (Phi) is 14.8. The van der Waals surface area contributed by atoms with Crippen LogP contribution in [-0.2, 0) is 41.6 Å². The number of nitrogens with one attached hydrogen (secondary N) is 4. The minimum atomic E-state index is -1.54.